The van der Waals surface area contributed by atoms with Crippen molar-refractivity contribution in [1.82, 2.24) is 0 Å². The van der Waals surface area contributed by atoms with Crippen LogP contribution in [0.15, 0.2) is 18.2 Å². The van der Waals surface area contributed by atoms with E-state index < -0.39 is 6.61 Å². The zero-order valence-corrected chi connectivity index (χ0v) is 8.09. The second kappa shape index (κ2) is 3.88. The van der Waals surface area contributed by atoms with Gasteiger partial charge in [-0.2, -0.15) is 8.78 Å². The van der Waals surface area contributed by atoms with Gasteiger partial charge in [0.2, 0.25) is 0 Å². The topological polar surface area (TPSA) is 35.2 Å². The van der Waals surface area contributed by atoms with Crippen molar-refractivity contribution in [3.8, 4) is 5.75 Å². The number of nitrogens with two attached hydrogens (primary N) is 1. The Hall–Kier alpha value is -0.590. The fourth-order valence-corrected chi connectivity index (χ4v) is 1.42. The van der Waals surface area contributed by atoms with E-state index in [1.54, 1.807) is 6.07 Å². The molecule has 0 heterocycles. The first-order valence-electron chi connectivity index (χ1n) is 3.09. The first-order valence-corrected chi connectivity index (χ1v) is 4.16. The third-order valence-corrected chi connectivity index (χ3v) is 1.74. The molecular weight excluding hydrogens is 279 g/mol. The number of ether oxygens (including phenoxy) is 1. The Morgan fingerprint density at radius 1 is 1.33 bits per heavy atom. The first kappa shape index (κ1) is 9.50. The highest BCUT2D eigenvalue weighted by molar-refractivity contribution is 14.1. The van der Waals surface area contributed by atoms with Crippen molar-refractivity contribution in [3.05, 3.63) is 21.8 Å². The van der Waals surface area contributed by atoms with E-state index >= 15 is 0 Å². The molecule has 1 aromatic carbocycles. The van der Waals surface area contributed by atoms with Gasteiger partial charge in [0.05, 0.1) is 0 Å². The third-order valence-electron chi connectivity index (χ3n) is 1.12. The summed E-state index contributed by atoms with van der Waals surface area (Å²) < 4.78 is 28.4. The monoisotopic (exact) mass is 285 g/mol. The van der Waals surface area contributed by atoms with E-state index in [2.05, 4.69) is 4.74 Å². The molecule has 66 valence electrons. The molecule has 5 heteroatoms. The molecular formula is C7H6F2INO. The molecule has 0 aliphatic carbocycles. The Bertz CT molecular complexity index is 260. The van der Waals surface area contributed by atoms with Gasteiger partial charge in [-0.1, -0.05) is 0 Å². The molecule has 1 rings (SSSR count). The molecule has 0 aliphatic heterocycles. The molecule has 0 saturated heterocycles. The molecule has 0 amide bonds. The fraction of sp³-hybridized carbons (Fsp3) is 0.143. The molecule has 2 nitrogen and oxygen atoms in total. The van der Waals surface area contributed by atoms with E-state index in [0.29, 0.717) is 5.69 Å². The van der Waals surface area contributed by atoms with Gasteiger partial charge in [-0.05, 0) is 34.7 Å². The molecule has 0 spiro atoms. The number of alkyl halides is 2. The summed E-state index contributed by atoms with van der Waals surface area (Å²) in [6, 6.07) is 4.51. The lowest BCUT2D eigenvalue weighted by atomic mass is 10.3. The lowest BCUT2D eigenvalue weighted by Crippen LogP contribution is -2.02. The number of nitrogen functional groups attached to an aromatic ring is 1. The van der Waals surface area contributed by atoms with Crippen LogP contribution in [0.25, 0.3) is 0 Å². The average molecular weight is 285 g/mol. The lowest BCUT2D eigenvalue weighted by Gasteiger charge is -2.05. The minimum Gasteiger partial charge on any atom is -0.435 e. The third kappa shape index (κ3) is 2.80. The summed E-state index contributed by atoms with van der Waals surface area (Å²) in [7, 11) is 0. The Kier molecular flexibility index (Phi) is 3.07. The maximum Gasteiger partial charge on any atom is 0.387 e. The van der Waals surface area contributed by atoms with Crippen LogP contribution in [0.2, 0.25) is 0 Å². The average Bonchev–Trinajstić information content (AvgIpc) is 1.81. The molecule has 0 atom stereocenters. The smallest absolute Gasteiger partial charge is 0.387 e. The van der Waals surface area contributed by atoms with Crippen LogP contribution in [0.4, 0.5) is 14.5 Å². The molecule has 12 heavy (non-hydrogen) atoms. The largest absolute Gasteiger partial charge is 0.435 e. The van der Waals surface area contributed by atoms with Gasteiger partial charge in [-0.25, -0.2) is 0 Å². The first-order chi connectivity index (χ1) is 5.58. The summed E-state index contributed by atoms with van der Waals surface area (Å²) in [6.07, 6.45) is 0. The SMILES string of the molecule is Nc1cc(I)cc(OC(F)F)c1. The van der Waals surface area contributed by atoms with E-state index in [4.69, 9.17) is 5.73 Å². The second-order valence-electron chi connectivity index (χ2n) is 2.10. The Labute approximate surface area is 81.8 Å². The summed E-state index contributed by atoms with van der Waals surface area (Å²) in [6.45, 7) is -2.80. The van der Waals surface area contributed by atoms with Gasteiger partial charge in [0.25, 0.3) is 0 Å². The summed E-state index contributed by atoms with van der Waals surface area (Å²) in [5, 5.41) is 0. The van der Waals surface area contributed by atoms with E-state index in [-0.39, 0.29) is 5.75 Å². The molecule has 0 saturated carbocycles. The van der Waals surface area contributed by atoms with Crippen LogP contribution in [0.1, 0.15) is 0 Å². The van der Waals surface area contributed by atoms with E-state index in [1.165, 1.54) is 12.1 Å². The van der Waals surface area contributed by atoms with Crippen LogP contribution in [0.3, 0.4) is 0 Å². The van der Waals surface area contributed by atoms with Crippen LogP contribution in [-0.4, -0.2) is 6.61 Å². The number of halogens is 3. The van der Waals surface area contributed by atoms with Crippen molar-refractivity contribution < 1.29 is 13.5 Å². The summed E-state index contributed by atoms with van der Waals surface area (Å²) in [5.41, 5.74) is 5.82. The van der Waals surface area contributed by atoms with Gasteiger partial charge in [-0.15, -0.1) is 0 Å². The fourth-order valence-electron chi connectivity index (χ4n) is 0.755. The highest BCUT2D eigenvalue weighted by Gasteiger charge is 2.04. The predicted octanol–water partition coefficient (Wildman–Crippen LogP) is 2.47. The Morgan fingerprint density at radius 3 is 2.50 bits per heavy atom. The summed E-state index contributed by atoms with van der Waals surface area (Å²) >= 11 is 1.97. The van der Waals surface area contributed by atoms with Gasteiger partial charge in [0.15, 0.2) is 0 Å². The number of anilines is 1. The van der Waals surface area contributed by atoms with Crippen molar-refractivity contribution in [2.45, 2.75) is 6.61 Å². The zero-order chi connectivity index (χ0) is 9.14. The number of benzene rings is 1. The summed E-state index contributed by atoms with van der Waals surface area (Å²) in [4.78, 5) is 0. The standard InChI is InChI=1S/C7H6F2INO/c8-7(9)12-6-2-4(10)1-5(11)3-6/h1-3,7H,11H2. The zero-order valence-electron chi connectivity index (χ0n) is 5.93. The quantitative estimate of drug-likeness (QED) is 0.669. The molecule has 1 aromatic rings. The van der Waals surface area contributed by atoms with Crippen LogP contribution < -0.4 is 10.5 Å². The van der Waals surface area contributed by atoms with Crippen LogP contribution in [-0.2, 0) is 0 Å². The van der Waals surface area contributed by atoms with Crippen LogP contribution in [0, 0.1) is 3.57 Å². The number of rotatable bonds is 2. The van der Waals surface area contributed by atoms with E-state index in [1.807, 2.05) is 22.6 Å². The normalized spacial score (nSPS) is 10.3. The van der Waals surface area contributed by atoms with Crippen molar-refractivity contribution in [2.75, 3.05) is 5.73 Å². The minimum absolute atomic E-state index is 0.0920. The highest BCUT2D eigenvalue weighted by Crippen LogP contribution is 2.21. The van der Waals surface area contributed by atoms with E-state index in [0.717, 1.165) is 3.57 Å². The van der Waals surface area contributed by atoms with Crippen molar-refractivity contribution in [1.29, 1.82) is 0 Å². The minimum atomic E-state index is -2.80. The predicted molar refractivity (Wildman–Crippen MR) is 50.2 cm³/mol. The maximum absolute atomic E-state index is 11.7. The molecule has 2 N–H and O–H groups in total. The van der Waals surface area contributed by atoms with Crippen LogP contribution in [0.5, 0.6) is 5.75 Å². The van der Waals surface area contributed by atoms with Gasteiger partial charge in [-0.3, -0.25) is 0 Å². The van der Waals surface area contributed by atoms with E-state index in [9.17, 15) is 8.78 Å². The van der Waals surface area contributed by atoms with Gasteiger partial charge >= 0.3 is 6.61 Å². The van der Waals surface area contributed by atoms with Gasteiger partial charge in [0.1, 0.15) is 5.75 Å². The second-order valence-corrected chi connectivity index (χ2v) is 3.34. The molecule has 0 aromatic heterocycles. The highest BCUT2D eigenvalue weighted by atomic mass is 127. The van der Waals surface area contributed by atoms with Crippen molar-refractivity contribution >= 4 is 28.3 Å². The molecule has 0 radical (unpaired) electrons. The summed E-state index contributed by atoms with van der Waals surface area (Å²) in [5.74, 6) is 0.0920. The molecule has 0 aliphatic rings. The van der Waals surface area contributed by atoms with Gasteiger partial charge < -0.3 is 10.5 Å². The lowest BCUT2D eigenvalue weighted by molar-refractivity contribution is -0.0498. The van der Waals surface area contributed by atoms with Crippen molar-refractivity contribution in [3.63, 3.8) is 0 Å². The Balaban J connectivity index is 2.85. The van der Waals surface area contributed by atoms with Crippen LogP contribution >= 0.6 is 22.6 Å². The molecule has 0 bridgehead atoms. The maximum atomic E-state index is 11.7. The van der Waals surface area contributed by atoms with Gasteiger partial charge in [0, 0.05) is 15.3 Å². The Morgan fingerprint density at radius 2 is 2.00 bits per heavy atom. The van der Waals surface area contributed by atoms with Crippen molar-refractivity contribution in [2.24, 2.45) is 0 Å². The molecule has 0 fully saturated rings. The number of hydrogen-bond acceptors (Lipinski definition) is 2. The molecule has 0 unspecified atom stereocenters. The number of hydrogen-bond donors (Lipinski definition) is 1.